The zero-order chi connectivity index (χ0) is 12.7. The molecule has 4 N–H and O–H groups in total. The average molecular weight is 237 g/mol. The van der Waals surface area contributed by atoms with Crippen molar-refractivity contribution in [3.05, 3.63) is 29.3 Å². The summed E-state index contributed by atoms with van der Waals surface area (Å²) >= 11 is 0. The second-order valence-electron chi connectivity index (χ2n) is 3.65. The molecule has 94 valence electrons. The van der Waals surface area contributed by atoms with Gasteiger partial charge in [-0.25, -0.2) is 10.6 Å². The number of aryl methyl sites for hydroxylation is 1. The maximum absolute atomic E-state index is 10.9. The lowest BCUT2D eigenvalue weighted by molar-refractivity contribution is 0.241. The molecule has 0 saturated heterocycles. The fourth-order valence-corrected chi connectivity index (χ4v) is 1.61. The number of hydrogen-bond donors (Lipinski definition) is 3. The van der Waals surface area contributed by atoms with Crippen LogP contribution in [-0.4, -0.2) is 19.7 Å². The van der Waals surface area contributed by atoms with Gasteiger partial charge in [0.1, 0.15) is 5.75 Å². The van der Waals surface area contributed by atoms with Crippen LogP contribution in [0.1, 0.15) is 18.1 Å². The summed E-state index contributed by atoms with van der Waals surface area (Å²) in [6, 6.07) is 5.72. The smallest absolute Gasteiger partial charge is 0.328 e. The van der Waals surface area contributed by atoms with E-state index in [0.717, 1.165) is 17.7 Å². The van der Waals surface area contributed by atoms with Gasteiger partial charge in [0.25, 0.3) is 0 Å². The number of hydrazine groups is 1. The molecule has 1 rings (SSSR count). The zero-order valence-electron chi connectivity index (χ0n) is 10.2. The van der Waals surface area contributed by atoms with Crippen LogP contribution in [-0.2, 0) is 12.8 Å². The van der Waals surface area contributed by atoms with Crippen LogP contribution in [0.4, 0.5) is 4.79 Å². The Morgan fingerprint density at radius 3 is 2.82 bits per heavy atom. The van der Waals surface area contributed by atoms with Crippen molar-refractivity contribution in [3.8, 4) is 5.75 Å². The van der Waals surface area contributed by atoms with Gasteiger partial charge in [0.2, 0.25) is 0 Å². The molecule has 0 fully saturated rings. The van der Waals surface area contributed by atoms with E-state index in [1.807, 2.05) is 17.6 Å². The van der Waals surface area contributed by atoms with Gasteiger partial charge in [-0.1, -0.05) is 19.1 Å². The Kier molecular flexibility index (Phi) is 5.29. The van der Waals surface area contributed by atoms with E-state index in [2.05, 4.69) is 18.3 Å². The number of amides is 2. The molecule has 0 radical (unpaired) electrons. The molecule has 17 heavy (non-hydrogen) atoms. The van der Waals surface area contributed by atoms with E-state index in [9.17, 15) is 4.79 Å². The highest BCUT2D eigenvalue weighted by molar-refractivity contribution is 5.73. The Labute approximate surface area is 101 Å². The summed E-state index contributed by atoms with van der Waals surface area (Å²) < 4.78 is 5.28. The molecule has 0 spiro atoms. The summed E-state index contributed by atoms with van der Waals surface area (Å²) in [7, 11) is 1.64. The van der Waals surface area contributed by atoms with E-state index in [0.29, 0.717) is 13.0 Å². The largest absolute Gasteiger partial charge is 0.496 e. The molecular weight excluding hydrogens is 218 g/mol. The van der Waals surface area contributed by atoms with E-state index >= 15 is 0 Å². The van der Waals surface area contributed by atoms with Crippen molar-refractivity contribution in [2.24, 2.45) is 5.84 Å². The summed E-state index contributed by atoms with van der Waals surface area (Å²) in [6.45, 7) is 2.62. The van der Waals surface area contributed by atoms with Crippen LogP contribution in [0, 0.1) is 0 Å². The van der Waals surface area contributed by atoms with E-state index in [1.165, 1.54) is 5.56 Å². The van der Waals surface area contributed by atoms with Crippen molar-refractivity contribution >= 4 is 6.03 Å². The normalized spacial score (nSPS) is 9.82. The first-order valence-corrected chi connectivity index (χ1v) is 5.61. The van der Waals surface area contributed by atoms with Gasteiger partial charge in [-0.2, -0.15) is 0 Å². The van der Waals surface area contributed by atoms with Crippen LogP contribution in [0.2, 0.25) is 0 Å². The number of urea groups is 1. The lowest BCUT2D eigenvalue weighted by Crippen LogP contribution is -2.40. The van der Waals surface area contributed by atoms with Crippen molar-refractivity contribution < 1.29 is 9.53 Å². The Morgan fingerprint density at radius 1 is 1.47 bits per heavy atom. The molecule has 0 unspecified atom stereocenters. The zero-order valence-corrected chi connectivity index (χ0v) is 10.2. The molecule has 5 nitrogen and oxygen atoms in total. The maximum atomic E-state index is 10.9. The first-order chi connectivity index (χ1) is 8.21. The van der Waals surface area contributed by atoms with Gasteiger partial charge in [-0.05, 0) is 30.0 Å². The number of nitrogens with one attached hydrogen (secondary N) is 2. The van der Waals surface area contributed by atoms with Gasteiger partial charge in [0, 0.05) is 6.54 Å². The van der Waals surface area contributed by atoms with Crippen LogP contribution < -0.4 is 21.3 Å². The SMILES string of the molecule is CCc1ccc(OC)c(CCNC(=O)NN)c1. The van der Waals surface area contributed by atoms with Gasteiger partial charge < -0.3 is 10.1 Å². The van der Waals surface area contributed by atoms with Gasteiger partial charge in [-0.15, -0.1) is 0 Å². The Bertz CT molecular complexity index is 380. The molecule has 2 amide bonds. The Morgan fingerprint density at radius 2 is 2.24 bits per heavy atom. The molecule has 0 aliphatic heterocycles. The third kappa shape index (κ3) is 3.96. The van der Waals surface area contributed by atoms with Gasteiger partial charge in [0.15, 0.2) is 0 Å². The monoisotopic (exact) mass is 237 g/mol. The molecule has 0 saturated carbocycles. The minimum Gasteiger partial charge on any atom is -0.496 e. The predicted molar refractivity (Wildman–Crippen MR) is 66.8 cm³/mol. The molecular formula is C12H19N3O2. The lowest BCUT2D eigenvalue weighted by Gasteiger charge is -2.10. The number of methoxy groups -OCH3 is 1. The lowest BCUT2D eigenvalue weighted by atomic mass is 10.1. The maximum Gasteiger partial charge on any atom is 0.328 e. The molecule has 0 heterocycles. The van der Waals surface area contributed by atoms with E-state index in [4.69, 9.17) is 10.6 Å². The standard InChI is InChI=1S/C12H19N3O2/c1-3-9-4-5-11(17-2)10(8-9)6-7-14-12(16)15-13/h4-5,8H,3,6-7,13H2,1-2H3,(H2,14,15,16). The molecule has 0 aromatic heterocycles. The fraction of sp³-hybridized carbons (Fsp3) is 0.417. The van der Waals surface area contributed by atoms with Crippen LogP contribution in [0.25, 0.3) is 0 Å². The summed E-state index contributed by atoms with van der Waals surface area (Å²) in [5.74, 6) is 5.81. The number of carbonyl (C=O) groups is 1. The van der Waals surface area contributed by atoms with Gasteiger partial charge >= 0.3 is 6.03 Å². The summed E-state index contributed by atoms with van der Waals surface area (Å²) in [4.78, 5) is 10.9. The summed E-state index contributed by atoms with van der Waals surface area (Å²) in [5, 5.41) is 2.64. The van der Waals surface area contributed by atoms with Crippen LogP contribution >= 0.6 is 0 Å². The quantitative estimate of drug-likeness (QED) is 0.406. The second kappa shape index (κ2) is 6.75. The second-order valence-corrected chi connectivity index (χ2v) is 3.65. The summed E-state index contributed by atoms with van der Waals surface area (Å²) in [5.41, 5.74) is 4.36. The van der Waals surface area contributed by atoms with E-state index in [-0.39, 0.29) is 6.03 Å². The van der Waals surface area contributed by atoms with E-state index in [1.54, 1.807) is 7.11 Å². The minimum atomic E-state index is -0.379. The van der Waals surface area contributed by atoms with Gasteiger partial charge in [-0.3, -0.25) is 5.43 Å². The first-order valence-electron chi connectivity index (χ1n) is 5.61. The van der Waals surface area contributed by atoms with Gasteiger partial charge in [0.05, 0.1) is 7.11 Å². The Balaban J connectivity index is 2.64. The van der Waals surface area contributed by atoms with Crippen LogP contribution in [0.3, 0.4) is 0 Å². The van der Waals surface area contributed by atoms with Crippen LogP contribution in [0.15, 0.2) is 18.2 Å². The van der Waals surface area contributed by atoms with Crippen LogP contribution in [0.5, 0.6) is 5.75 Å². The molecule has 0 bridgehead atoms. The molecule has 0 aliphatic rings. The third-order valence-electron chi connectivity index (χ3n) is 2.56. The average Bonchev–Trinajstić information content (AvgIpc) is 2.38. The molecule has 0 aliphatic carbocycles. The van der Waals surface area contributed by atoms with Crippen molar-refractivity contribution in [1.82, 2.24) is 10.7 Å². The Hall–Kier alpha value is -1.75. The number of benzene rings is 1. The molecule has 1 aromatic carbocycles. The molecule has 1 aromatic rings. The third-order valence-corrected chi connectivity index (χ3v) is 2.56. The first kappa shape index (κ1) is 13.3. The highest BCUT2D eigenvalue weighted by Gasteiger charge is 2.04. The number of nitrogens with two attached hydrogens (primary N) is 1. The van der Waals surface area contributed by atoms with Crippen molar-refractivity contribution in [3.63, 3.8) is 0 Å². The molecule has 5 heteroatoms. The summed E-state index contributed by atoms with van der Waals surface area (Å²) in [6.07, 6.45) is 1.69. The number of rotatable bonds is 5. The number of hydrogen-bond acceptors (Lipinski definition) is 3. The van der Waals surface area contributed by atoms with Crippen molar-refractivity contribution in [2.45, 2.75) is 19.8 Å². The predicted octanol–water partition coefficient (Wildman–Crippen LogP) is 0.973. The number of carbonyl (C=O) groups excluding carboxylic acids is 1. The molecule has 0 atom stereocenters. The highest BCUT2D eigenvalue weighted by Crippen LogP contribution is 2.20. The van der Waals surface area contributed by atoms with Crippen molar-refractivity contribution in [2.75, 3.05) is 13.7 Å². The number of ether oxygens (including phenoxy) is 1. The minimum absolute atomic E-state index is 0.379. The van der Waals surface area contributed by atoms with Crippen molar-refractivity contribution in [1.29, 1.82) is 0 Å². The highest BCUT2D eigenvalue weighted by atomic mass is 16.5. The van der Waals surface area contributed by atoms with E-state index < -0.39 is 0 Å². The topological polar surface area (TPSA) is 76.4 Å². The fourth-order valence-electron chi connectivity index (χ4n) is 1.61.